The van der Waals surface area contributed by atoms with Gasteiger partial charge in [-0.25, -0.2) is 9.78 Å². The predicted molar refractivity (Wildman–Crippen MR) is 78.9 cm³/mol. The summed E-state index contributed by atoms with van der Waals surface area (Å²) in [6.45, 7) is 3.51. The van der Waals surface area contributed by atoms with Gasteiger partial charge in [-0.2, -0.15) is 5.10 Å². The van der Waals surface area contributed by atoms with Gasteiger partial charge >= 0.3 is 5.97 Å². The lowest BCUT2D eigenvalue weighted by Gasteiger charge is -2.23. The molecule has 1 unspecified atom stereocenters. The summed E-state index contributed by atoms with van der Waals surface area (Å²) < 4.78 is 1.52. The first-order valence-corrected chi connectivity index (χ1v) is 6.77. The van der Waals surface area contributed by atoms with Crippen LogP contribution in [0.5, 0.6) is 0 Å². The van der Waals surface area contributed by atoms with Crippen molar-refractivity contribution in [1.82, 2.24) is 19.7 Å². The molecule has 0 aliphatic rings. The van der Waals surface area contributed by atoms with Gasteiger partial charge in [0.2, 0.25) is 0 Å². The number of carboxylic acids is 1. The van der Waals surface area contributed by atoms with Crippen molar-refractivity contribution in [1.29, 1.82) is 0 Å². The average Bonchev–Trinajstić information content (AvgIpc) is 3.14. The molecule has 108 valence electrons. The van der Waals surface area contributed by atoms with E-state index in [4.69, 9.17) is 0 Å². The Hall–Kier alpha value is -2.63. The highest BCUT2D eigenvalue weighted by atomic mass is 16.4. The van der Waals surface area contributed by atoms with E-state index in [1.807, 2.05) is 25.3 Å². The molecule has 6 nitrogen and oxygen atoms in total. The lowest BCUT2D eigenvalue weighted by molar-refractivity contribution is -0.147. The van der Waals surface area contributed by atoms with Gasteiger partial charge in [-0.3, -0.25) is 4.68 Å². The SMILES string of the molecule is CCC(C)(C(=O)O)n1cc(-c2ccnc3[nH]ccc23)cn1. The Kier molecular flexibility index (Phi) is 3.01. The Morgan fingerprint density at radius 3 is 3.00 bits per heavy atom. The number of rotatable bonds is 4. The van der Waals surface area contributed by atoms with E-state index in [1.165, 1.54) is 4.68 Å². The van der Waals surface area contributed by atoms with Crippen LogP contribution in [0.3, 0.4) is 0 Å². The monoisotopic (exact) mass is 284 g/mol. The molecule has 21 heavy (non-hydrogen) atoms. The summed E-state index contributed by atoms with van der Waals surface area (Å²) in [5, 5.41) is 14.7. The molecule has 2 N–H and O–H groups in total. The molecule has 6 heteroatoms. The smallest absolute Gasteiger partial charge is 0.331 e. The van der Waals surface area contributed by atoms with Crippen LogP contribution >= 0.6 is 0 Å². The molecule has 0 aliphatic carbocycles. The van der Waals surface area contributed by atoms with E-state index in [9.17, 15) is 9.90 Å². The quantitative estimate of drug-likeness (QED) is 0.771. The second kappa shape index (κ2) is 4.73. The highest BCUT2D eigenvalue weighted by Gasteiger charge is 2.34. The first kappa shape index (κ1) is 13.4. The van der Waals surface area contributed by atoms with Crippen LogP contribution < -0.4 is 0 Å². The zero-order valence-corrected chi connectivity index (χ0v) is 11.9. The molecule has 3 aromatic rings. The minimum absolute atomic E-state index is 0.458. The lowest BCUT2D eigenvalue weighted by atomic mass is 9.99. The summed E-state index contributed by atoms with van der Waals surface area (Å²) in [6.07, 6.45) is 7.48. The number of aromatic amines is 1. The second-order valence-corrected chi connectivity index (χ2v) is 5.20. The number of carbonyl (C=O) groups is 1. The van der Waals surface area contributed by atoms with E-state index in [1.54, 1.807) is 25.5 Å². The molecule has 3 heterocycles. The summed E-state index contributed by atoms with van der Waals surface area (Å²) >= 11 is 0. The Labute approximate surface area is 121 Å². The number of pyridine rings is 1. The molecule has 0 spiro atoms. The molecule has 3 aromatic heterocycles. The minimum atomic E-state index is -1.04. The van der Waals surface area contributed by atoms with Crippen LogP contribution in [0.25, 0.3) is 22.2 Å². The maximum atomic E-state index is 11.5. The standard InChI is InChI=1S/C15H16N4O2/c1-3-15(2,14(20)21)19-9-10(8-18-19)11-4-6-16-13-12(11)5-7-17-13/h4-9H,3H2,1-2H3,(H,16,17)(H,20,21). The van der Waals surface area contributed by atoms with Gasteiger partial charge in [-0.15, -0.1) is 0 Å². The molecule has 0 saturated carbocycles. The van der Waals surface area contributed by atoms with Gasteiger partial charge in [0.1, 0.15) is 5.65 Å². The molecule has 0 saturated heterocycles. The fourth-order valence-electron chi connectivity index (χ4n) is 2.36. The summed E-state index contributed by atoms with van der Waals surface area (Å²) in [4.78, 5) is 18.8. The molecule has 0 aliphatic heterocycles. The number of nitrogens with zero attached hydrogens (tertiary/aromatic N) is 3. The molecular weight excluding hydrogens is 268 g/mol. The van der Waals surface area contributed by atoms with Crippen LogP contribution in [0.1, 0.15) is 20.3 Å². The molecule has 0 fully saturated rings. The third-order valence-corrected chi connectivity index (χ3v) is 4.01. The lowest BCUT2D eigenvalue weighted by Crippen LogP contribution is -2.38. The van der Waals surface area contributed by atoms with Gasteiger partial charge < -0.3 is 10.1 Å². The number of hydrogen-bond donors (Lipinski definition) is 2. The van der Waals surface area contributed by atoms with E-state index < -0.39 is 11.5 Å². The topological polar surface area (TPSA) is 83.8 Å². The molecule has 3 rings (SSSR count). The number of hydrogen-bond acceptors (Lipinski definition) is 3. The Bertz CT molecular complexity index is 805. The van der Waals surface area contributed by atoms with Crippen molar-refractivity contribution in [3.63, 3.8) is 0 Å². The first-order valence-electron chi connectivity index (χ1n) is 6.77. The van der Waals surface area contributed by atoms with Crippen molar-refractivity contribution >= 4 is 17.0 Å². The van der Waals surface area contributed by atoms with E-state index >= 15 is 0 Å². The number of carboxylic acid groups (broad SMARTS) is 1. The van der Waals surface area contributed by atoms with E-state index in [0.29, 0.717) is 6.42 Å². The van der Waals surface area contributed by atoms with Gasteiger partial charge in [-0.1, -0.05) is 6.92 Å². The van der Waals surface area contributed by atoms with Crippen LogP contribution in [-0.4, -0.2) is 30.8 Å². The maximum absolute atomic E-state index is 11.5. The molecule has 0 aromatic carbocycles. The predicted octanol–water partition coefficient (Wildman–Crippen LogP) is 2.64. The normalized spacial score (nSPS) is 14.2. The maximum Gasteiger partial charge on any atom is 0.331 e. The van der Waals surface area contributed by atoms with Crippen LogP contribution in [0, 0.1) is 0 Å². The number of H-pyrrole nitrogens is 1. The van der Waals surface area contributed by atoms with Crippen LogP contribution in [-0.2, 0) is 10.3 Å². The summed E-state index contributed by atoms with van der Waals surface area (Å²) in [5.74, 6) is -0.888. The fraction of sp³-hybridized carbons (Fsp3) is 0.267. The fourth-order valence-corrected chi connectivity index (χ4v) is 2.36. The summed E-state index contributed by atoms with van der Waals surface area (Å²) in [5.41, 5.74) is 1.62. The van der Waals surface area contributed by atoms with Gasteiger partial charge in [-0.05, 0) is 31.0 Å². The van der Waals surface area contributed by atoms with Crippen LogP contribution in [0.2, 0.25) is 0 Å². The van der Waals surface area contributed by atoms with Gasteiger partial charge in [0, 0.05) is 29.5 Å². The Balaban J connectivity index is 2.10. The molecule has 0 amide bonds. The molecular formula is C15H16N4O2. The average molecular weight is 284 g/mol. The van der Waals surface area contributed by atoms with Gasteiger partial charge in [0.15, 0.2) is 5.54 Å². The van der Waals surface area contributed by atoms with Gasteiger partial charge in [0.25, 0.3) is 0 Å². The third kappa shape index (κ3) is 1.99. The second-order valence-electron chi connectivity index (χ2n) is 5.20. The van der Waals surface area contributed by atoms with Crippen molar-refractivity contribution < 1.29 is 9.90 Å². The first-order chi connectivity index (χ1) is 10.1. The van der Waals surface area contributed by atoms with Gasteiger partial charge in [0.05, 0.1) is 6.20 Å². The van der Waals surface area contributed by atoms with Crippen molar-refractivity contribution in [3.8, 4) is 11.1 Å². The third-order valence-electron chi connectivity index (χ3n) is 4.01. The highest BCUT2D eigenvalue weighted by Crippen LogP contribution is 2.29. The van der Waals surface area contributed by atoms with Crippen LogP contribution in [0.4, 0.5) is 0 Å². The Morgan fingerprint density at radius 1 is 1.48 bits per heavy atom. The molecule has 1 atom stereocenters. The van der Waals surface area contributed by atoms with Crippen molar-refractivity contribution in [2.45, 2.75) is 25.8 Å². The van der Waals surface area contributed by atoms with Crippen molar-refractivity contribution in [3.05, 3.63) is 36.9 Å². The number of nitrogens with one attached hydrogen (secondary N) is 1. The zero-order valence-electron chi connectivity index (χ0n) is 11.9. The largest absolute Gasteiger partial charge is 0.479 e. The van der Waals surface area contributed by atoms with E-state index in [0.717, 1.165) is 22.2 Å². The Morgan fingerprint density at radius 2 is 2.29 bits per heavy atom. The van der Waals surface area contributed by atoms with E-state index in [2.05, 4.69) is 15.1 Å². The number of fused-ring (bicyclic) bond motifs is 1. The molecule has 0 radical (unpaired) electrons. The van der Waals surface area contributed by atoms with Crippen molar-refractivity contribution in [2.24, 2.45) is 0 Å². The number of aromatic nitrogens is 4. The van der Waals surface area contributed by atoms with Crippen molar-refractivity contribution in [2.75, 3.05) is 0 Å². The minimum Gasteiger partial charge on any atom is -0.479 e. The highest BCUT2D eigenvalue weighted by molar-refractivity contribution is 5.92. The zero-order chi connectivity index (χ0) is 15.0. The number of aliphatic carboxylic acids is 1. The summed E-state index contributed by atoms with van der Waals surface area (Å²) in [6, 6.07) is 3.85. The molecule has 0 bridgehead atoms. The van der Waals surface area contributed by atoms with E-state index in [-0.39, 0.29) is 0 Å². The van der Waals surface area contributed by atoms with Crippen LogP contribution in [0.15, 0.2) is 36.9 Å². The summed E-state index contributed by atoms with van der Waals surface area (Å²) in [7, 11) is 0.